The van der Waals surface area contributed by atoms with Gasteiger partial charge in [0.15, 0.2) is 0 Å². The largest absolute Gasteiger partial charge is 0.394 e. The second-order valence-corrected chi connectivity index (χ2v) is 8.15. The average molecular weight is 348 g/mol. The van der Waals surface area contributed by atoms with Crippen molar-refractivity contribution < 1.29 is 4.74 Å². The number of likely N-dealkylation sites (tertiary alicyclic amines) is 1. The Balaban J connectivity index is 1.78. The second kappa shape index (κ2) is 7.38. The highest BCUT2D eigenvalue weighted by atomic mass is 32.1. The molecule has 0 bridgehead atoms. The molecule has 1 fully saturated rings. The molecule has 2 N–H and O–H groups in total. The minimum absolute atomic E-state index is 0.0917. The van der Waals surface area contributed by atoms with Crippen LogP contribution in [0.25, 0.3) is 0 Å². The van der Waals surface area contributed by atoms with Crippen LogP contribution in [0.4, 0.5) is 0 Å². The summed E-state index contributed by atoms with van der Waals surface area (Å²) in [5, 5.41) is 10.6. The summed E-state index contributed by atoms with van der Waals surface area (Å²) < 4.78 is 6.44. The van der Waals surface area contributed by atoms with Crippen LogP contribution < -0.4 is 5.32 Å². The summed E-state index contributed by atoms with van der Waals surface area (Å²) in [5.41, 5.74) is 2.40. The molecule has 1 aromatic heterocycles. The minimum atomic E-state index is -0.0917. The van der Waals surface area contributed by atoms with Gasteiger partial charge < -0.3 is 15.5 Å². The van der Waals surface area contributed by atoms with Gasteiger partial charge in [0.2, 0.25) is 0 Å². The number of fused-ring (bicyclic) bond motifs is 2. The maximum absolute atomic E-state index is 7.56. The Morgan fingerprint density at radius 1 is 1.58 bits per heavy atom. The number of thiophene rings is 1. The minimum Gasteiger partial charge on any atom is -0.394 e. The van der Waals surface area contributed by atoms with Gasteiger partial charge in [-0.3, -0.25) is 4.90 Å². The topological polar surface area (TPSA) is 48.4 Å². The van der Waals surface area contributed by atoms with Crippen molar-refractivity contribution in [2.24, 2.45) is 5.92 Å². The lowest BCUT2D eigenvalue weighted by molar-refractivity contribution is -0.130. The molecule has 3 rings (SSSR count). The summed E-state index contributed by atoms with van der Waals surface area (Å²) in [6.45, 7) is 8.30. The zero-order valence-electron chi connectivity index (χ0n) is 15.0. The molecule has 132 valence electrons. The lowest BCUT2D eigenvalue weighted by Crippen LogP contribution is -2.52. The van der Waals surface area contributed by atoms with E-state index in [9.17, 15) is 0 Å². The molecule has 0 radical (unpaired) electrons. The summed E-state index contributed by atoms with van der Waals surface area (Å²) >= 11 is 1.99. The van der Waals surface area contributed by atoms with Crippen LogP contribution in [-0.2, 0) is 23.2 Å². The van der Waals surface area contributed by atoms with E-state index in [1.54, 1.807) is 4.88 Å². The van der Waals surface area contributed by atoms with Crippen LogP contribution in [0.5, 0.6) is 0 Å². The predicted octanol–water partition coefficient (Wildman–Crippen LogP) is 3.17. The first-order chi connectivity index (χ1) is 11.6. The highest BCUT2D eigenvalue weighted by Crippen LogP contribution is 2.47. The van der Waals surface area contributed by atoms with Crippen LogP contribution in [0.15, 0.2) is 17.8 Å². The number of nitrogens with zero attached hydrogens (tertiary/aromatic N) is 1. The number of rotatable bonds is 5. The molecule has 0 saturated carbocycles. The van der Waals surface area contributed by atoms with Gasteiger partial charge in [-0.15, -0.1) is 11.3 Å². The normalized spacial score (nSPS) is 28.0. The SMILES string of the molecule is CCc1cc2c(s1)CCOC21CCN(C/C(C=N)=C/NC)CC1C. The van der Waals surface area contributed by atoms with Crippen LogP contribution in [-0.4, -0.2) is 44.4 Å². The fraction of sp³-hybridized carbons (Fsp3) is 0.632. The quantitative estimate of drug-likeness (QED) is 0.804. The number of aryl methyl sites for hydroxylation is 1. The number of nitrogens with one attached hydrogen (secondary N) is 2. The van der Waals surface area contributed by atoms with E-state index in [1.807, 2.05) is 24.6 Å². The van der Waals surface area contributed by atoms with Crippen molar-refractivity contribution in [3.05, 3.63) is 33.2 Å². The third kappa shape index (κ3) is 3.17. The van der Waals surface area contributed by atoms with Crippen LogP contribution in [0.1, 0.15) is 35.6 Å². The Bertz CT molecular complexity index is 624. The second-order valence-electron chi connectivity index (χ2n) is 6.93. The number of ether oxygens (including phenoxy) is 1. The Morgan fingerprint density at radius 3 is 3.08 bits per heavy atom. The van der Waals surface area contributed by atoms with E-state index in [2.05, 4.69) is 30.1 Å². The van der Waals surface area contributed by atoms with Gasteiger partial charge >= 0.3 is 0 Å². The standard InChI is InChI=1S/C19H29N3OS/c1-4-16-9-17-18(24-16)5-8-23-19(17)6-7-22(12-14(19)2)13-15(10-20)11-21-3/h9-11,14,20-21H,4-8,12-13H2,1-3H3/b15-11+,20-10?. The van der Waals surface area contributed by atoms with Crippen LogP contribution in [0.2, 0.25) is 0 Å². The summed E-state index contributed by atoms with van der Waals surface area (Å²) in [5.74, 6) is 0.464. The summed E-state index contributed by atoms with van der Waals surface area (Å²) in [6, 6.07) is 2.41. The Hall–Kier alpha value is -1.17. The van der Waals surface area contributed by atoms with Gasteiger partial charge in [-0.1, -0.05) is 13.8 Å². The molecule has 1 saturated heterocycles. The fourth-order valence-corrected chi connectivity index (χ4v) is 5.30. The monoisotopic (exact) mass is 347 g/mol. The number of piperidine rings is 1. The first kappa shape index (κ1) is 17.6. The number of hydrogen-bond donors (Lipinski definition) is 2. The first-order valence-corrected chi connectivity index (χ1v) is 9.79. The van der Waals surface area contributed by atoms with Gasteiger partial charge in [0, 0.05) is 61.2 Å². The van der Waals surface area contributed by atoms with Crippen molar-refractivity contribution in [1.29, 1.82) is 5.41 Å². The molecule has 5 heteroatoms. The molecule has 2 aliphatic rings. The van der Waals surface area contributed by atoms with Crippen molar-refractivity contribution >= 4 is 17.6 Å². The fourth-order valence-electron chi connectivity index (χ4n) is 4.14. The molecule has 3 heterocycles. The maximum atomic E-state index is 7.56. The lowest BCUT2D eigenvalue weighted by Gasteiger charge is -2.48. The molecule has 0 amide bonds. The van der Waals surface area contributed by atoms with Crippen molar-refractivity contribution in [2.75, 3.05) is 33.3 Å². The van der Waals surface area contributed by atoms with Crippen molar-refractivity contribution in [2.45, 2.75) is 38.7 Å². The first-order valence-electron chi connectivity index (χ1n) is 8.98. The van der Waals surface area contributed by atoms with Gasteiger partial charge in [-0.05, 0) is 30.0 Å². The van der Waals surface area contributed by atoms with Crippen LogP contribution in [0, 0.1) is 11.3 Å². The summed E-state index contributed by atoms with van der Waals surface area (Å²) in [6.07, 6.45) is 6.61. The highest BCUT2D eigenvalue weighted by Gasteiger charge is 2.46. The molecule has 2 atom stereocenters. The molecule has 0 aliphatic carbocycles. The van der Waals surface area contributed by atoms with Crippen LogP contribution in [0.3, 0.4) is 0 Å². The molecule has 2 unspecified atom stereocenters. The molecule has 24 heavy (non-hydrogen) atoms. The molecule has 0 aromatic carbocycles. The summed E-state index contributed by atoms with van der Waals surface area (Å²) in [7, 11) is 1.89. The lowest BCUT2D eigenvalue weighted by atomic mass is 9.75. The van der Waals surface area contributed by atoms with E-state index in [4.69, 9.17) is 10.1 Å². The van der Waals surface area contributed by atoms with E-state index < -0.39 is 0 Å². The predicted molar refractivity (Wildman–Crippen MR) is 101 cm³/mol. The Labute approximate surface area is 149 Å². The van der Waals surface area contributed by atoms with Crippen LogP contribution >= 0.6 is 11.3 Å². The van der Waals surface area contributed by atoms with Crippen molar-refractivity contribution in [3.63, 3.8) is 0 Å². The third-order valence-electron chi connectivity index (χ3n) is 5.40. The molecule has 2 aliphatic heterocycles. The molecule has 1 aromatic rings. The van der Waals surface area contributed by atoms with E-state index in [0.717, 1.165) is 51.1 Å². The molecular formula is C19H29N3OS. The Kier molecular flexibility index (Phi) is 5.42. The number of hydrogen-bond acceptors (Lipinski definition) is 5. The van der Waals surface area contributed by atoms with Gasteiger partial charge in [0.05, 0.1) is 12.2 Å². The highest BCUT2D eigenvalue weighted by molar-refractivity contribution is 7.12. The molecule has 1 spiro atoms. The van der Waals surface area contributed by atoms with Gasteiger partial charge in [-0.25, -0.2) is 0 Å². The maximum Gasteiger partial charge on any atom is 0.0991 e. The van der Waals surface area contributed by atoms with Gasteiger partial charge in [0.1, 0.15) is 0 Å². The smallest absolute Gasteiger partial charge is 0.0991 e. The van der Waals surface area contributed by atoms with Crippen molar-refractivity contribution in [1.82, 2.24) is 10.2 Å². The molecule has 4 nitrogen and oxygen atoms in total. The molecular weight excluding hydrogens is 318 g/mol. The zero-order valence-corrected chi connectivity index (χ0v) is 15.8. The van der Waals surface area contributed by atoms with E-state index in [-0.39, 0.29) is 5.60 Å². The van der Waals surface area contributed by atoms with Gasteiger partial charge in [0.25, 0.3) is 0 Å². The zero-order chi connectivity index (χ0) is 17.2. The van der Waals surface area contributed by atoms with E-state index in [1.165, 1.54) is 16.7 Å². The average Bonchev–Trinajstić information content (AvgIpc) is 3.02. The van der Waals surface area contributed by atoms with Gasteiger partial charge in [-0.2, -0.15) is 0 Å². The Morgan fingerprint density at radius 2 is 2.42 bits per heavy atom. The summed E-state index contributed by atoms with van der Waals surface area (Å²) in [4.78, 5) is 5.49. The van der Waals surface area contributed by atoms with E-state index >= 15 is 0 Å². The third-order valence-corrected chi connectivity index (χ3v) is 6.74. The van der Waals surface area contributed by atoms with Crippen molar-refractivity contribution in [3.8, 4) is 0 Å². The van der Waals surface area contributed by atoms with E-state index in [0.29, 0.717) is 5.92 Å².